The topological polar surface area (TPSA) is 30.5 Å². The zero-order valence-corrected chi connectivity index (χ0v) is 11.2. The minimum absolute atomic E-state index is 0.188. The standard InChI is InChI=1S/C15H21NO2/c1-11-8-12(5-6-13(11)17-2)15(9-18-10-15)14-4-3-7-16-14/h5-6,8,14,16H,3-4,7,9-10H2,1-2H3. The summed E-state index contributed by atoms with van der Waals surface area (Å²) in [5, 5.41) is 3.63. The van der Waals surface area contributed by atoms with Crippen LogP contribution in [0.1, 0.15) is 24.0 Å². The van der Waals surface area contributed by atoms with Gasteiger partial charge in [0.05, 0.1) is 25.7 Å². The Balaban J connectivity index is 1.93. The summed E-state index contributed by atoms with van der Waals surface area (Å²) >= 11 is 0. The summed E-state index contributed by atoms with van der Waals surface area (Å²) in [6, 6.07) is 7.12. The van der Waals surface area contributed by atoms with Gasteiger partial charge >= 0.3 is 0 Å². The second-order valence-electron chi connectivity index (χ2n) is 5.48. The van der Waals surface area contributed by atoms with Crippen LogP contribution >= 0.6 is 0 Å². The highest BCUT2D eigenvalue weighted by atomic mass is 16.5. The molecule has 2 aliphatic rings. The first-order valence-electron chi connectivity index (χ1n) is 6.72. The van der Waals surface area contributed by atoms with Crippen molar-refractivity contribution in [3.8, 4) is 5.75 Å². The van der Waals surface area contributed by atoms with Crippen molar-refractivity contribution < 1.29 is 9.47 Å². The van der Waals surface area contributed by atoms with Gasteiger partial charge in [0, 0.05) is 6.04 Å². The van der Waals surface area contributed by atoms with Gasteiger partial charge in [-0.2, -0.15) is 0 Å². The molecular weight excluding hydrogens is 226 g/mol. The van der Waals surface area contributed by atoms with E-state index in [-0.39, 0.29) is 5.41 Å². The molecule has 2 saturated heterocycles. The lowest BCUT2D eigenvalue weighted by Crippen LogP contribution is -2.58. The molecule has 3 nitrogen and oxygen atoms in total. The van der Waals surface area contributed by atoms with E-state index in [0.29, 0.717) is 6.04 Å². The molecule has 0 aliphatic carbocycles. The molecule has 0 aromatic heterocycles. The fourth-order valence-electron chi connectivity index (χ4n) is 3.24. The molecule has 0 spiro atoms. The summed E-state index contributed by atoms with van der Waals surface area (Å²) in [5.74, 6) is 0.966. The van der Waals surface area contributed by atoms with Gasteiger partial charge in [-0.3, -0.25) is 0 Å². The largest absolute Gasteiger partial charge is 0.496 e. The fraction of sp³-hybridized carbons (Fsp3) is 0.600. The van der Waals surface area contributed by atoms with Crippen LogP contribution in [0.25, 0.3) is 0 Å². The van der Waals surface area contributed by atoms with E-state index in [2.05, 4.69) is 30.4 Å². The lowest BCUT2D eigenvalue weighted by molar-refractivity contribution is -0.0761. The van der Waals surface area contributed by atoms with E-state index in [0.717, 1.165) is 25.5 Å². The van der Waals surface area contributed by atoms with Gasteiger partial charge in [0.25, 0.3) is 0 Å². The molecule has 0 bridgehead atoms. The quantitative estimate of drug-likeness (QED) is 0.886. The van der Waals surface area contributed by atoms with Crippen LogP contribution in [0.2, 0.25) is 0 Å². The normalized spacial score (nSPS) is 25.8. The third kappa shape index (κ3) is 1.73. The van der Waals surface area contributed by atoms with Crippen LogP contribution < -0.4 is 10.1 Å². The van der Waals surface area contributed by atoms with Crippen LogP contribution in [0.15, 0.2) is 18.2 Å². The molecule has 3 rings (SSSR count). The van der Waals surface area contributed by atoms with Gasteiger partial charge in [-0.05, 0) is 43.5 Å². The molecule has 1 unspecified atom stereocenters. The number of ether oxygens (including phenoxy) is 2. The van der Waals surface area contributed by atoms with Gasteiger partial charge in [-0.1, -0.05) is 12.1 Å². The van der Waals surface area contributed by atoms with E-state index in [1.54, 1.807) is 7.11 Å². The van der Waals surface area contributed by atoms with E-state index in [1.165, 1.54) is 24.0 Å². The Morgan fingerprint density at radius 1 is 1.39 bits per heavy atom. The summed E-state index contributed by atoms with van der Waals surface area (Å²) in [6.07, 6.45) is 2.54. The Hall–Kier alpha value is -1.06. The molecule has 2 heterocycles. The van der Waals surface area contributed by atoms with E-state index in [1.807, 2.05) is 0 Å². The maximum Gasteiger partial charge on any atom is 0.121 e. The molecule has 98 valence electrons. The second-order valence-corrected chi connectivity index (χ2v) is 5.48. The highest BCUT2D eigenvalue weighted by Crippen LogP contribution is 2.40. The van der Waals surface area contributed by atoms with Crippen LogP contribution in [-0.2, 0) is 10.2 Å². The highest BCUT2D eigenvalue weighted by Gasteiger charge is 2.47. The molecule has 2 fully saturated rings. The van der Waals surface area contributed by atoms with E-state index < -0.39 is 0 Å². The Morgan fingerprint density at radius 2 is 2.22 bits per heavy atom. The Bertz CT molecular complexity index is 434. The summed E-state index contributed by atoms with van der Waals surface area (Å²) in [4.78, 5) is 0. The van der Waals surface area contributed by atoms with Crippen molar-refractivity contribution in [2.24, 2.45) is 0 Å². The number of hydrogen-bond donors (Lipinski definition) is 1. The van der Waals surface area contributed by atoms with Gasteiger partial charge in [0.2, 0.25) is 0 Å². The van der Waals surface area contributed by atoms with Crippen molar-refractivity contribution in [1.82, 2.24) is 5.32 Å². The van der Waals surface area contributed by atoms with Gasteiger partial charge in [-0.15, -0.1) is 0 Å². The van der Waals surface area contributed by atoms with Crippen molar-refractivity contribution in [2.75, 3.05) is 26.9 Å². The van der Waals surface area contributed by atoms with Crippen LogP contribution in [-0.4, -0.2) is 32.9 Å². The van der Waals surface area contributed by atoms with Crippen molar-refractivity contribution in [1.29, 1.82) is 0 Å². The van der Waals surface area contributed by atoms with Crippen molar-refractivity contribution >= 4 is 0 Å². The van der Waals surface area contributed by atoms with Crippen LogP contribution in [0, 0.1) is 6.92 Å². The molecule has 1 atom stereocenters. The monoisotopic (exact) mass is 247 g/mol. The minimum Gasteiger partial charge on any atom is -0.496 e. The molecule has 0 radical (unpaired) electrons. The maximum atomic E-state index is 5.53. The van der Waals surface area contributed by atoms with Gasteiger partial charge in [0.1, 0.15) is 5.75 Å². The number of rotatable bonds is 3. The lowest BCUT2D eigenvalue weighted by atomic mass is 9.71. The van der Waals surface area contributed by atoms with Crippen molar-refractivity contribution in [3.05, 3.63) is 29.3 Å². The molecule has 18 heavy (non-hydrogen) atoms. The number of hydrogen-bond acceptors (Lipinski definition) is 3. The predicted octanol–water partition coefficient (Wildman–Crippen LogP) is 2.02. The third-order valence-electron chi connectivity index (χ3n) is 4.42. The number of aryl methyl sites for hydroxylation is 1. The Morgan fingerprint density at radius 3 is 2.72 bits per heavy atom. The maximum absolute atomic E-state index is 5.53. The van der Waals surface area contributed by atoms with Crippen molar-refractivity contribution in [2.45, 2.75) is 31.2 Å². The number of benzene rings is 1. The average molecular weight is 247 g/mol. The molecular formula is C15H21NO2. The first-order valence-corrected chi connectivity index (χ1v) is 6.72. The molecule has 1 N–H and O–H groups in total. The molecule has 3 heteroatoms. The fourth-order valence-corrected chi connectivity index (χ4v) is 3.24. The van der Waals surface area contributed by atoms with Gasteiger partial charge in [-0.25, -0.2) is 0 Å². The zero-order chi connectivity index (χ0) is 12.6. The van der Waals surface area contributed by atoms with Crippen LogP contribution in [0.4, 0.5) is 0 Å². The highest BCUT2D eigenvalue weighted by molar-refractivity contribution is 5.41. The van der Waals surface area contributed by atoms with Crippen LogP contribution in [0.3, 0.4) is 0 Å². The predicted molar refractivity (Wildman–Crippen MR) is 71.3 cm³/mol. The average Bonchev–Trinajstić information content (AvgIpc) is 2.82. The first-order chi connectivity index (χ1) is 8.76. The summed E-state index contributed by atoms with van der Waals surface area (Å²) in [7, 11) is 1.72. The molecule has 2 aliphatic heterocycles. The van der Waals surface area contributed by atoms with E-state index >= 15 is 0 Å². The van der Waals surface area contributed by atoms with E-state index in [9.17, 15) is 0 Å². The number of methoxy groups -OCH3 is 1. The van der Waals surface area contributed by atoms with Gasteiger partial charge < -0.3 is 14.8 Å². The second kappa shape index (κ2) is 4.56. The zero-order valence-electron chi connectivity index (χ0n) is 11.2. The van der Waals surface area contributed by atoms with Gasteiger partial charge in [0.15, 0.2) is 0 Å². The number of nitrogens with one attached hydrogen (secondary N) is 1. The summed E-state index contributed by atoms with van der Waals surface area (Å²) < 4.78 is 10.9. The lowest BCUT2D eigenvalue weighted by Gasteiger charge is -2.46. The molecule has 0 saturated carbocycles. The molecule has 1 aromatic carbocycles. The summed E-state index contributed by atoms with van der Waals surface area (Å²) in [6.45, 7) is 4.94. The minimum atomic E-state index is 0.188. The summed E-state index contributed by atoms with van der Waals surface area (Å²) in [5.41, 5.74) is 2.79. The van der Waals surface area contributed by atoms with Crippen molar-refractivity contribution in [3.63, 3.8) is 0 Å². The molecule has 1 aromatic rings. The molecule has 0 amide bonds. The third-order valence-corrected chi connectivity index (χ3v) is 4.42. The Labute approximate surface area is 108 Å². The Kier molecular flexibility index (Phi) is 3.04. The smallest absolute Gasteiger partial charge is 0.121 e. The van der Waals surface area contributed by atoms with Crippen LogP contribution in [0.5, 0.6) is 5.75 Å². The first kappa shape index (κ1) is 12.0. The van der Waals surface area contributed by atoms with E-state index in [4.69, 9.17) is 9.47 Å². The SMILES string of the molecule is COc1ccc(C2(C3CCCN3)COC2)cc1C.